The van der Waals surface area contributed by atoms with Gasteiger partial charge in [0.15, 0.2) is 0 Å². The van der Waals surface area contributed by atoms with Crippen molar-refractivity contribution in [2.45, 2.75) is 32.4 Å². The average Bonchev–Trinajstić information content (AvgIpc) is 2.80. The molecule has 1 aliphatic rings. The quantitative estimate of drug-likeness (QED) is 0.900. The summed E-state index contributed by atoms with van der Waals surface area (Å²) < 4.78 is 0. The van der Waals surface area contributed by atoms with Gasteiger partial charge in [0.2, 0.25) is 11.8 Å². The number of carbonyl (C=O) groups excluding carboxylic acids is 2. The summed E-state index contributed by atoms with van der Waals surface area (Å²) in [7, 11) is 1.80. The second-order valence-electron chi connectivity index (χ2n) is 5.88. The molecule has 0 bridgehead atoms. The lowest BCUT2D eigenvalue weighted by Crippen LogP contribution is -2.45. The molecule has 6 heteroatoms. The molecule has 1 fully saturated rings. The van der Waals surface area contributed by atoms with Crippen LogP contribution in [0.3, 0.4) is 0 Å². The van der Waals surface area contributed by atoms with Crippen molar-refractivity contribution in [2.75, 3.05) is 25.0 Å². The second-order valence-corrected chi connectivity index (χ2v) is 6.29. The van der Waals surface area contributed by atoms with Gasteiger partial charge in [0.25, 0.3) is 0 Å². The van der Waals surface area contributed by atoms with E-state index in [4.69, 9.17) is 11.6 Å². The predicted molar refractivity (Wildman–Crippen MR) is 88.1 cm³/mol. The van der Waals surface area contributed by atoms with E-state index in [1.807, 2.05) is 32.0 Å². The van der Waals surface area contributed by atoms with Gasteiger partial charge in [-0.15, -0.1) is 0 Å². The number of amides is 2. The number of anilines is 1. The standard InChI is InChI=1S/C16H22ClN3O2/c1-11(2)18-15(21)10-19(3)14-8-9-20(16(14)22)13-7-5-4-6-12(13)17/h4-7,11,14H,8-10H2,1-3H3,(H,18,21). The van der Waals surface area contributed by atoms with Crippen LogP contribution in [0.4, 0.5) is 5.69 Å². The Bertz CT molecular complexity index is 562. The van der Waals surface area contributed by atoms with Crippen LogP contribution >= 0.6 is 11.6 Å². The molecule has 2 amide bonds. The highest BCUT2D eigenvalue weighted by atomic mass is 35.5. The molecule has 1 heterocycles. The summed E-state index contributed by atoms with van der Waals surface area (Å²) in [6.07, 6.45) is 0.690. The first-order chi connectivity index (χ1) is 10.4. The molecule has 2 rings (SSSR count). The molecule has 1 aromatic rings. The van der Waals surface area contributed by atoms with Crippen molar-refractivity contribution >= 4 is 29.1 Å². The summed E-state index contributed by atoms with van der Waals surface area (Å²) in [6.45, 7) is 4.66. The van der Waals surface area contributed by atoms with Gasteiger partial charge < -0.3 is 10.2 Å². The van der Waals surface area contributed by atoms with E-state index in [0.717, 1.165) is 5.69 Å². The molecular weight excluding hydrogens is 302 g/mol. The molecule has 0 aliphatic carbocycles. The molecule has 120 valence electrons. The molecule has 1 unspecified atom stereocenters. The molecule has 1 saturated heterocycles. The van der Waals surface area contributed by atoms with Gasteiger partial charge in [-0.05, 0) is 39.4 Å². The van der Waals surface area contributed by atoms with Crippen molar-refractivity contribution in [3.8, 4) is 0 Å². The molecule has 1 aliphatic heterocycles. The van der Waals surface area contributed by atoms with E-state index in [0.29, 0.717) is 18.0 Å². The van der Waals surface area contributed by atoms with E-state index in [1.54, 1.807) is 22.9 Å². The fourth-order valence-electron chi connectivity index (χ4n) is 2.69. The van der Waals surface area contributed by atoms with E-state index in [1.165, 1.54) is 0 Å². The minimum Gasteiger partial charge on any atom is -0.353 e. The van der Waals surface area contributed by atoms with Crippen LogP contribution in [0.2, 0.25) is 5.02 Å². The minimum atomic E-state index is -0.283. The summed E-state index contributed by atoms with van der Waals surface area (Å²) in [6, 6.07) is 7.13. The number of hydrogen-bond acceptors (Lipinski definition) is 3. The third-order valence-corrected chi connectivity index (χ3v) is 4.01. The Balaban J connectivity index is 2.02. The molecular formula is C16H22ClN3O2. The van der Waals surface area contributed by atoms with Gasteiger partial charge in [-0.2, -0.15) is 0 Å². The highest BCUT2D eigenvalue weighted by molar-refractivity contribution is 6.33. The van der Waals surface area contributed by atoms with Crippen molar-refractivity contribution in [3.05, 3.63) is 29.3 Å². The Hall–Kier alpha value is -1.59. The van der Waals surface area contributed by atoms with E-state index in [2.05, 4.69) is 5.32 Å². The summed E-state index contributed by atoms with van der Waals surface area (Å²) in [5.74, 6) is -0.0746. The van der Waals surface area contributed by atoms with Crippen LogP contribution < -0.4 is 10.2 Å². The molecule has 0 aromatic heterocycles. The summed E-state index contributed by atoms with van der Waals surface area (Å²) >= 11 is 6.17. The Kier molecular flexibility index (Phi) is 5.42. The number of benzene rings is 1. The highest BCUT2D eigenvalue weighted by Crippen LogP contribution is 2.30. The number of nitrogens with zero attached hydrogens (tertiary/aromatic N) is 2. The first kappa shape index (κ1) is 16.8. The van der Waals surface area contributed by atoms with Crippen LogP contribution in [0.15, 0.2) is 24.3 Å². The number of carbonyl (C=O) groups is 2. The van der Waals surface area contributed by atoms with Crippen molar-refractivity contribution in [1.29, 1.82) is 0 Å². The van der Waals surface area contributed by atoms with E-state index < -0.39 is 0 Å². The number of likely N-dealkylation sites (N-methyl/N-ethyl adjacent to an activating group) is 1. The fraction of sp³-hybridized carbons (Fsp3) is 0.500. The second kappa shape index (κ2) is 7.11. The van der Waals surface area contributed by atoms with Crippen LogP contribution in [-0.4, -0.2) is 48.9 Å². The summed E-state index contributed by atoms with van der Waals surface area (Å²) in [4.78, 5) is 27.9. The Morgan fingerprint density at radius 2 is 2.14 bits per heavy atom. The van der Waals surface area contributed by atoms with Crippen LogP contribution in [0, 0.1) is 0 Å². The normalized spacial score (nSPS) is 18.4. The minimum absolute atomic E-state index is 0.00653. The fourth-order valence-corrected chi connectivity index (χ4v) is 2.93. The maximum absolute atomic E-state index is 12.6. The number of nitrogens with one attached hydrogen (secondary N) is 1. The number of rotatable bonds is 5. The Morgan fingerprint density at radius 3 is 2.77 bits per heavy atom. The van der Waals surface area contributed by atoms with Gasteiger partial charge in [0.05, 0.1) is 23.3 Å². The monoisotopic (exact) mass is 323 g/mol. The van der Waals surface area contributed by atoms with Crippen molar-refractivity contribution in [3.63, 3.8) is 0 Å². The topological polar surface area (TPSA) is 52.7 Å². The summed E-state index contributed by atoms with van der Waals surface area (Å²) in [5, 5.41) is 3.40. The van der Waals surface area contributed by atoms with Crippen molar-refractivity contribution in [1.82, 2.24) is 10.2 Å². The van der Waals surface area contributed by atoms with Gasteiger partial charge in [-0.3, -0.25) is 14.5 Å². The largest absolute Gasteiger partial charge is 0.353 e. The predicted octanol–water partition coefficient (Wildman–Crippen LogP) is 1.90. The molecule has 0 spiro atoms. The van der Waals surface area contributed by atoms with E-state index >= 15 is 0 Å². The molecule has 1 aromatic carbocycles. The smallest absolute Gasteiger partial charge is 0.244 e. The van der Waals surface area contributed by atoms with Gasteiger partial charge in [0, 0.05) is 12.6 Å². The zero-order chi connectivity index (χ0) is 16.3. The molecule has 0 radical (unpaired) electrons. The van der Waals surface area contributed by atoms with Crippen molar-refractivity contribution < 1.29 is 9.59 Å². The van der Waals surface area contributed by atoms with Gasteiger partial charge in [0.1, 0.15) is 0 Å². The maximum Gasteiger partial charge on any atom is 0.244 e. The molecule has 5 nitrogen and oxygen atoms in total. The lowest BCUT2D eigenvalue weighted by Gasteiger charge is -2.24. The number of hydrogen-bond donors (Lipinski definition) is 1. The Morgan fingerprint density at radius 1 is 1.45 bits per heavy atom. The lowest BCUT2D eigenvalue weighted by molar-refractivity contribution is -0.125. The van der Waals surface area contributed by atoms with E-state index in [9.17, 15) is 9.59 Å². The SMILES string of the molecule is CC(C)NC(=O)CN(C)C1CCN(c2ccccc2Cl)C1=O. The first-order valence-corrected chi connectivity index (χ1v) is 7.83. The number of halogens is 1. The third kappa shape index (κ3) is 3.78. The van der Waals surface area contributed by atoms with E-state index in [-0.39, 0.29) is 30.4 Å². The molecule has 22 heavy (non-hydrogen) atoms. The first-order valence-electron chi connectivity index (χ1n) is 7.45. The Labute approximate surface area is 136 Å². The van der Waals surface area contributed by atoms with Gasteiger partial charge >= 0.3 is 0 Å². The molecule has 1 N–H and O–H groups in total. The van der Waals surface area contributed by atoms with Crippen LogP contribution in [0.1, 0.15) is 20.3 Å². The van der Waals surface area contributed by atoms with Crippen molar-refractivity contribution in [2.24, 2.45) is 0 Å². The average molecular weight is 324 g/mol. The van der Waals surface area contributed by atoms with Crippen LogP contribution in [0.5, 0.6) is 0 Å². The van der Waals surface area contributed by atoms with Crippen LogP contribution in [0.25, 0.3) is 0 Å². The van der Waals surface area contributed by atoms with Crippen LogP contribution in [-0.2, 0) is 9.59 Å². The molecule has 1 atom stereocenters. The summed E-state index contributed by atoms with van der Waals surface area (Å²) in [5.41, 5.74) is 0.733. The third-order valence-electron chi connectivity index (χ3n) is 3.70. The zero-order valence-electron chi connectivity index (χ0n) is 13.2. The number of para-hydroxylation sites is 1. The lowest BCUT2D eigenvalue weighted by atomic mass is 10.2. The molecule has 0 saturated carbocycles. The van der Waals surface area contributed by atoms with Gasteiger partial charge in [-0.25, -0.2) is 0 Å². The van der Waals surface area contributed by atoms with Gasteiger partial charge in [-0.1, -0.05) is 23.7 Å². The highest BCUT2D eigenvalue weighted by Gasteiger charge is 2.36. The maximum atomic E-state index is 12.6. The zero-order valence-corrected chi connectivity index (χ0v) is 13.9.